The van der Waals surface area contributed by atoms with Crippen LogP contribution in [0.25, 0.3) is 0 Å². The standard InChI is InChI=1S/C19H25FN6O/c20-14-3-1-5-17(11-14)25-10-2-4-15(12-25)22-19(27)18-13-26(24-23-18)16-6-8-21-9-7-16/h1,3,5,11,13,15-16,21H,2,4,6-10,12H2,(H,22,27). The number of carbonyl (C=O) groups is 1. The van der Waals surface area contributed by atoms with Crippen LogP contribution in [0, 0.1) is 5.82 Å². The molecule has 1 aromatic heterocycles. The number of aromatic nitrogens is 3. The molecule has 8 heteroatoms. The van der Waals surface area contributed by atoms with E-state index in [1.54, 1.807) is 12.3 Å². The Balaban J connectivity index is 1.37. The van der Waals surface area contributed by atoms with Crippen molar-refractivity contribution in [2.75, 3.05) is 31.1 Å². The van der Waals surface area contributed by atoms with Crippen molar-refractivity contribution in [2.45, 2.75) is 37.8 Å². The Kier molecular flexibility index (Phi) is 5.33. The minimum absolute atomic E-state index is 0.0125. The van der Waals surface area contributed by atoms with Crippen LogP contribution in [-0.4, -0.2) is 53.1 Å². The molecule has 2 saturated heterocycles. The number of hydrogen-bond acceptors (Lipinski definition) is 5. The summed E-state index contributed by atoms with van der Waals surface area (Å²) in [5, 5.41) is 14.6. The molecule has 0 spiro atoms. The minimum Gasteiger partial charge on any atom is -0.369 e. The molecule has 1 unspecified atom stereocenters. The summed E-state index contributed by atoms with van der Waals surface area (Å²) in [4.78, 5) is 14.7. The number of nitrogens with one attached hydrogen (secondary N) is 2. The minimum atomic E-state index is -0.242. The Morgan fingerprint density at radius 1 is 1.26 bits per heavy atom. The molecule has 0 aliphatic carbocycles. The molecule has 1 atom stereocenters. The predicted octanol–water partition coefficient (Wildman–Crippen LogP) is 1.74. The van der Waals surface area contributed by atoms with Crippen molar-refractivity contribution in [1.82, 2.24) is 25.6 Å². The van der Waals surface area contributed by atoms with Gasteiger partial charge in [-0.15, -0.1) is 5.10 Å². The highest BCUT2D eigenvalue weighted by Crippen LogP contribution is 2.21. The highest BCUT2D eigenvalue weighted by Gasteiger charge is 2.24. The lowest BCUT2D eigenvalue weighted by Gasteiger charge is -2.34. The fourth-order valence-electron chi connectivity index (χ4n) is 3.89. The number of anilines is 1. The Hall–Kier alpha value is -2.48. The third-order valence-corrected chi connectivity index (χ3v) is 5.36. The number of rotatable bonds is 4. The fourth-order valence-corrected chi connectivity index (χ4v) is 3.89. The van der Waals surface area contributed by atoms with Crippen LogP contribution in [0.1, 0.15) is 42.2 Å². The lowest BCUT2D eigenvalue weighted by Crippen LogP contribution is -2.48. The number of hydrogen-bond donors (Lipinski definition) is 2. The summed E-state index contributed by atoms with van der Waals surface area (Å²) in [5.74, 6) is -0.436. The van der Waals surface area contributed by atoms with E-state index in [9.17, 15) is 9.18 Å². The van der Waals surface area contributed by atoms with Gasteiger partial charge >= 0.3 is 0 Å². The zero-order valence-corrected chi connectivity index (χ0v) is 15.3. The van der Waals surface area contributed by atoms with Crippen LogP contribution in [-0.2, 0) is 0 Å². The van der Waals surface area contributed by atoms with E-state index >= 15 is 0 Å². The molecule has 144 valence electrons. The molecule has 3 heterocycles. The number of nitrogens with zero attached hydrogens (tertiary/aromatic N) is 4. The average Bonchev–Trinajstić information content (AvgIpc) is 3.19. The van der Waals surface area contributed by atoms with E-state index in [0.717, 1.165) is 51.0 Å². The molecule has 4 rings (SSSR count). The number of carbonyl (C=O) groups excluding carboxylic acids is 1. The second-order valence-corrected chi connectivity index (χ2v) is 7.30. The molecule has 7 nitrogen and oxygen atoms in total. The summed E-state index contributed by atoms with van der Waals surface area (Å²) in [7, 11) is 0. The quantitative estimate of drug-likeness (QED) is 0.855. The van der Waals surface area contributed by atoms with Gasteiger partial charge in [-0.1, -0.05) is 11.3 Å². The smallest absolute Gasteiger partial charge is 0.273 e. The zero-order chi connectivity index (χ0) is 18.6. The number of amides is 1. The van der Waals surface area contributed by atoms with E-state index in [1.165, 1.54) is 12.1 Å². The van der Waals surface area contributed by atoms with E-state index < -0.39 is 0 Å². The van der Waals surface area contributed by atoms with Crippen molar-refractivity contribution < 1.29 is 9.18 Å². The van der Waals surface area contributed by atoms with Gasteiger partial charge in [0.15, 0.2) is 5.69 Å². The third-order valence-electron chi connectivity index (χ3n) is 5.36. The molecule has 1 amide bonds. The van der Waals surface area contributed by atoms with Gasteiger partial charge in [0.2, 0.25) is 0 Å². The molecule has 27 heavy (non-hydrogen) atoms. The van der Waals surface area contributed by atoms with Crippen molar-refractivity contribution in [2.24, 2.45) is 0 Å². The highest BCUT2D eigenvalue weighted by molar-refractivity contribution is 5.92. The van der Waals surface area contributed by atoms with Gasteiger partial charge in [-0.2, -0.15) is 0 Å². The van der Waals surface area contributed by atoms with Crippen molar-refractivity contribution in [3.05, 3.63) is 42.0 Å². The first-order chi connectivity index (χ1) is 13.2. The Bertz CT molecular complexity index is 788. The van der Waals surface area contributed by atoms with Gasteiger partial charge in [0.25, 0.3) is 5.91 Å². The number of benzene rings is 1. The van der Waals surface area contributed by atoms with Crippen molar-refractivity contribution in [1.29, 1.82) is 0 Å². The van der Waals surface area contributed by atoms with Crippen molar-refractivity contribution in [3.63, 3.8) is 0 Å². The Morgan fingerprint density at radius 3 is 2.93 bits per heavy atom. The summed E-state index contributed by atoms with van der Waals surface area (Å²) < 4.78 is 15.3. The molecule has 2 aliphatic heterocycles. The molecule has 0 bridgehead atoms. The van der Waals surface area contributed by atoms with Gasteiger partial charge in [-0.05, 0) is 57.0 Å². The summed E-state index contributed by atoms with van der Waals surface area (Å²) >= 11 is 0. The maximum absolute atomic E-state index is 13.5. The number of piperidine rings is 2. The van der Waals surface area contributed by atoms with E-state index in [2.05, 4.69) is 25.8 Å². The summed E-state index contributed by atoms with van der Waals surface area (Å²) in [6.45, 7) is 3.45. The van der Waals surface area contributed by atoms with Crippen LogP contribution in [0.5, 0.6) is 0 Å². The number of halogens is 1. The van der Waals surface area contributed by atoms with Gasteiger partial charge in [-0.3, -0.25) is 4.79 Å². The van der Waals surface area contributed by atoms with E-state index in [4.69, 9.17) is 0 Å². The molecule has 1 aromatic carbocycles. The molecule has 2 aromatic rings. The van der Waals surface area contributed by atoms with Crippen LogP contribution in [0.15, 0.2) is 30.5 Å². The lowest BCUT2D eigenvalue weighted by atomic mass is 10.0. The highest BCUT2D eigenvalue weighted by atomic mass is 19.1. The molecule has 2 fully saturated rings. The van der Waals surface area contributed by atoms with Crippen LogP contribution in [0.3, 0.4) is 0 Å². The maximum Gasteiger partial charge on any atom is 0.273 e. The summed E-state index contributed by atoms with van der Waals surface area (Å²) in [5.41, 5.74) is 1.21. The third kappa shape index (κ3) is 4.27. The van der Waals surface area contributed by atoms with Gasteiger partial charge < -0.3 is 15.5 Å². The van der Waals surface area contributed by atoms with Crippen molar-refractivity contribution >= 4 is 11.6 Å². The van der Waals surface area contributed by atoms with Crippen molar-refractivity contribution in [3.8, 4) is 0 Å². The second-order valence-electron chi connectivity index (χ2n) is 7.30. The molecule has 2 aliphatic rings. The maximum atomic E-state index is 13.5. The molecule has 0 saturated carbocycles. The average molecular weight is 372 g/mol. The second kappa shape index (κ2) is 8.04. The topological polar surface area (TPSA) is 75.1 Å². The van der Waals surface area contributed by atoms with Crippen LogP contribution in [0.4, 0.5) is 10.1 Å². The first-order valence-electron chi connectivity index (χ1n) is 9.63. The first-order valence-corrected chi connectivity index (χ1v) is 9.63. The zero-order valence-electron chi connectivity index (χ0n) is 15.3. The summed E-state index contributed by atoms with van der Waals surface area (Å²) in [6.07, 6.45) is 5.59. The molecule has 0 radical (unpaired) electrons. The molecular weight excluding hydrogens is 347 g/mol. The van der Waals surface area contributed by atoms with Gasteiger partial charge in [0.1, 0.15) is 5.82 Å². The van der Waals surface area contributed by atoms with E-state index in [1.807, 2.05) is 10.7 Å². The Morgan fingerprint density at radius 2 is 2.11 bits per heavy atom. The van der Waals surface area contributed by atoms with E-state index in [-0.39, 0.29) is 17.8 Å². The fraction of sp³-hybridized carbons (Fsp3) is 0.526. The monoisotopic (exact) mass is 372 g/mol. The SMILES string of the molecule is O=C(NC1CCCN(c2cccc(F)c2)C1)c1cn(C2CCNCC2)nn1. The van der Waals surface area contributed by atoms with Gasteiger partial charge in [-0.25, -0.2) is 9.07 Å². The molecule has 2 N–H and O–H groups in total. The molecular formula is C19H25FN6O. The van der Waals surface area contributed by atoms with Crippen LogP contribution < -0.4 is 15.5 Å². The largest absolute Gasteiger partial charge is 0.369 e. The predicted molar refractivity (Wildman–Crippen MR) is 100 cm³/mol. The van der Waals surface area contributed by atoms with Crippen LogP contribution >= 0.6 is 0 Å². The van der Waals surface area contributed by atoms with E-state index in [0.29, 0.717) is 18.3 Å². The Labute approximate surface area is 157 Å². The van der Waals surface area contributed by atoms with Crippen LogP contribution in [0.2, 0.25) is 0 Å². The lowest BCUT2D eigenvalue weighted by molar-refractivity contribution is 0.0928. The summed E-state index contributed by atoms with van der Waals surface area (Å²) in [6, 6.07) is 6.91. The first kappa shape index (κ1) is 17.9. The normalized spacial score (nSPS) is 21.2. The van der Waals surface area contributed by atoms with Gasteiger partial charge in [0, 0.05) is 24.8 Å². The van der Waals surface area contributed by atoms with Gasteiger partial charge in [0.05, 0.1) is 12.2 Å².